The van der Waals surface area contributed by atoms with Gasteiger partial charge in [-0.15, -0.1) is 0 Å². The number of esters is 1. The normalized spacial score (nSPS) is 25.5. The van der Waals surface area contributed by atoms with Crippen molar-refractivity contribution < 1.29 is 23.9 Å². The fraction of sp³-hybridized carbons (Fsp3) is 0.765. The number of carbonyl (C=O) groups excluding carboxylic acids is 4. The third kappa shape index (κ3) is 4.93. The maximum atomic E-state index is 12.0. The van der Waals surface area contributed by atoms with Gasteiger partial charge in [-0.3, -0.25) is 19.3 Å². The lowest BCUT2D eigenvalue weighted by atomic mass is 9.86. The Labute approximate surface area is 147 Å². The standard InChI is InChI=1S/C17H27N3O5/c1-11-6-4-5-7-12(11)18-13(21)10-25-14(22)8-9-20-15(23)17(2,3)19-16(20)24/h11-12H,4-10H2,1-3H3,(H,18,21)(H,19,24)/t11-,12-/m0/s1. The minimum Gasteiger partial charge on any atom is -0.456 e. The molecule has 1 aliphatic heterocycles. The van der Waals surface area contributed by atoms with E-state index < -0.39 is 17.5 Å². The summed E-state index contributed by atoms with van der Waals surface area (Å²) >= 11 is 0. The van der Waals surface area contributed by atoms with Gasteiger partial charge >= 0.3 is 12.0 Å². The maximum absolute atomic E-state index is 12.0. The number of imide groups is 1. The van der Waals surface area contributed by atoms with Gasteiger partial charge in [0.2, 0.25) is 0 Å². The topological polar surface area (TPSA) is 105 Å². The van der Waals surface area contributed by atoms with Gasteiger partial charge in [0, 0.05) is 12.6 Å². The molecule has 140 valence electrons. The molecule has 2 N–H and O–H groups in total. The molecule has 25 heavy (non-hydrogen) atoms. The summed E-state index contributed by atoms with van der Waals surface area (Å²) in [5.74, 6) is -0.883. The van der Waals surface area contributed by atoms with Crippen LogP contribution in [0.1, 0.15) is 52.9 Å². The van der Waals surface area contributed by atoms with Crippen LogP contribution in [0.4, 0.5) is 4.79 Å². The Balaban J connectivity index is 1.69. The highest BCUT2D eigenvalue weighted by atomic mass is 16.5. The van der Waals surface area contributed by atoms with E-state index in [4.69, 9.17) is 4.74 Å². The van der Waals surface area contributed by atoms with Crippen LogP contribution in [0, 0.1) is 5.92 Å². The van der Waals surface area contributed by atoms with Gasteiger partial charge in [-0.25, -0.2) is 4.79 Å². The number of urea groups is 1. The van der Waals surface area contributed by atoms with E-state index in [0.29, 0.717) is 5.92 Å². The Morgan fingerprint density at radius 1 is 1.28 bits per heavy atom. The molecule has 1 saturated heterocycles. The molecule has 0 radical (unpaired) electrons. The second kappa shape index (κ2) is 7.84. The summed E-state index contributed by atoms with van der Waals surface area (Å²) in [7, 11) is 0. The lowest BCUT2D eigenvalue weighted by Crippen LogP contribution is -2.43. The summed E-state index contributed by atoms with van der Waals surface area (Å²) < 4.78 is 4.94. The van der Waals surface area contributed by atoms with Gasteiger partial charge < -0.3 is 15.4 Å². The van der Waals surface area contributed by atoms with Crippen molar-refractivity contribution in [1.29, 1.82) is 0 Å². The number of amides is 4. The van der Waals surface area contributed by atoms with E-state index in [1.807, 2.05) is 0 Å². The van der Waals surface area contributed by atoms with Gasteiger partial charge in [0.25, 0.3) is 11.8 Å². The monoisotopic (exact) mass is 353 g/mol. The van der Waals surface area contributed by atoms with Gasteiger partial charge in [-0.2, -0.15) is 0 Å². The predicted octanol–water partition coefficient (Wildman–Crippen LogP) is 0.945. The van der Waals surface area contributed by atoms with Gasteiger partial charge in [-0.1, -0.05) is 19.8 Å². The first-order valence-corrected chi connectivity index (χ1v) is 8.80. The molecule has 2 atom stereocenters. The zero-order valence-electron chi connectivity index (χ0n) is 15.1. The van der Waals surface area contributed by atoms with E-state index in [0.717, 1.165) is 24.2 Å². The molecule has 0 spiro atoms. The van der Waals surface area contributed by atoms with Crippen molar-refractivity contribution in [2.45, 2.75) is 64.5 Å². The number of nitrogens with one attached hydrogen (secondary N) is 2. The van der Waals surface area contributed by atoms with Crippen molar-refractivity contribution in [3.63, 3.8) is 0 Å². The first kappa shape index (κ1) is 19.2. The van der Waals surface area contributed by atoms with E-state index >= 15 is 0 Å². The number of hydrogen-bond donors (Lipinski definition) is 2. The van der Waals surface area contributed by atoms with Crippen LogP contribution in [0.2, 0.25) is 0 Å². The molecule has 0 aromatic rings. The summed E-state index contributed by atoms with van der Waals surface area (Å²) in [5, 5.41) is 5.44. The van der Waals surface area contributed by atoms with E-state index in [1.165, 1.54) is 6.42 Å². The second-order valence-electron chi connectivity index (χ2n) is 7.36. The highest BCUT2D eigenvalue weighted by molar-refractivity contribution is 6.06. The smallest absolute Gasteiger partial charge is 0.325 e. The molecule has 0 aromatic carbocycles. The Hall–Kier alpha value is -2.12. The zero-order chi connectivity index (χ0) is 18.6. The number of carbonyl (C=O) groups is 4. The van der Waals surface area contributed by atoms with Crippen LogP contribution >= 0.6 is 0 Å². The molecular weight excluding hydrogens is 326 g/mol. The van der Waals surface area contributed by atoms with Gasteiger partial charge in [0.1, 0.15) is 5.54 Å². The Morgan fingerprint density at radius 2 is 1.96 bits per heavy atom. The van der Waals surface area contributed by atoms with Crippen molar-refractivity contribution in [2.24, 2.45) is 5.92 Å². The summed E-state index contributed by atoms with van der Waals surface area (Å²) in [6, 6.07) is -0.389. The molecule has 8 nitrogen and oxygen atoms in total. The Bertz CT molecular complexity index is 560. The third-order valence-electron chi connectivity index (χ3n) is 4.81. The molecule has 8 heteroatoms. The van der Waals surface area contributed by atoms with Crippen LogP contribution in [-0.2, 0) is 19.1 Å². The van der Waals surface area contributed by atoms with E-state index in [-0.39, 0.29) is 37.4 Å². The second-order valence-corrected chi connectivity index (χ2v) is 7.36. The van der Waals surface area contributed by atoms with Gasteiger partial charge in [-0.05, 0) is 32.6 Å². The average Bonchev–Trinajstić information content (AvgIpc) is 2.73. The molecule has 2 aliphatic rings. The summed E-state index contributed by atoms with van der Waals surface area (Å²) in [6.07, 6.45) is 4.18. The van der Waals surface area contributed by atoms with Crippen molar-refractivity contribution >= 4 is 23.8 Å². The summed E-state index contributed by atoms with van der Waals surface area (Å²) in [6.45, 7) is 4.90. The van der Waals surface area contributed by atoms with Crippen LogP contribution in [0.3, 0.4) is 0 Å². The van der Waals surface area contributed by atoms with E-state index in [2.05, 4.69) is 17.6 Å². The van der Waals surface area contributed by atoms with Crippen LogP contribution in [0.5, 0.6) is 0 Å². The van der Waals surface area contributed by atoms with Crippen molar-refractivity contribution in [1.82, 2.24) is 15.5 Å². The molecule has 2 rings (SSSR count). The fourth-order valence-electron chi connectivity index (χ4n) is 3.22. The molecule has 0 bridgehead atoms. The lowest BCUT2D eigenvalue weighted by Gasteiger charge is -2.29. The van der Waals surface area contributed by atoms with Crippen molar-refractivity contribution in [3.05, 3.63) is 0 Å². The van der Waals surface area contributed by atoms with E-state index in [9.17, 15) is 19.2 Å². The Morgan fingerprint density at radius 3 is 2.56 bits per heavy atom. The molecule has 1 saturated carbocycles. The van der Waals surface area contributed by atoms with Crippen LogP contribution < -0.4 is 10.6 Å². The molecule has 0 aromatic heterocycles. The molecular formula is C17H27N3O5. The highest BCUT2D eigenvalue weighted by Gasteiger charge is 2.44. The molecule has 0 unspecified atom stereocenters. The first-order valence-electron chi connectivity index (χ1n) is 8.80. The minimum atomic E-state index is -0.961. The summed E-state index contributed by atoms with van der Waals surface area (Å²) in [5.41, 5.74) is -0.961. The van der Waals surface area contributed by atoms with Crippen LogP contribution in [0.15, 0.2) is 0 Å². The molecule has 4 amide bonds. The predicted molar refractivity (Wildman–Crippen MR) is 89.5 cm³/mol. The fourth-order valence-corrected chi connectivity index (χ4v) is 3.22. The van der Waals surface area contributed by atoms with Crippen LogP contribution in [-0.4, -0.2) is 53.4 Å². The zero-order valence-corrected chi connectivity index (χ0v) is 15.1. The van der Waals surface area contributed by atoms with Gasteiger partial charge in [0.05, 0.1) is 6.42 Å². The SMILES string of the molecule is C[C@H]1CCCC[C@@H]1NC(=O)COC(=O)CCN1C(=O)NC(C)(C)C1=O. The number of rotatable bonds is 6. The Kier molecular flexibility index (Phi) is 6.02. The number of ether oxygens (including phenoxy) is 1. The highest BCUT2D eigenvalue weighted by Crippen LogP contribution is 2.23. The average molecular weight is 353 g/mol. The summed E-state index contributed by atoms with van der Waals surface area (Å²) in [4.78, 5) is 48.4. The first-order chi connectivity index (χ1) is 11.7. The number of nitrogens with zero attached hydrogens (tertiary/aromatic N) is 1. The lowest BCUT2D eigenvalue weighted by molar-refractivity contribution is -0.149. The van der Waals surface area contributed by atoms with Gasteiger partial charge in [0.15, 0.2) is 6.61 Å². The quantitative estimate of drug-likeness (QED) is 0.546. The van der Waals surface area contributed by atoms with Crippen molar-refractivity contribution in [2.75, 3.05) is 13.2 Å². The minimum absolute atomic E-state index is 0.0613. The molecule has 1 aliphatic carbocycles. The van der Waals surface area contributed by atoms with E-state index in [1.54, 1.807) is 13.8 Å². The molecule has 2 fully saturated rings. The maximum Gasteiger partial charge on any atom is 0.325 e. The van der Waals surface area contributed by atoms with Crippen molar-refractivity contribution in [3.8, 4) is 0 Å². The largest absolute Gasteiger partial charge is 0.456 e. The third-order valence-corrected chi connectivity index (χ3v) is 4.81. The molecule has 1 heterocycles. The van der Waals surface area contributed by atoms with Crippen LogP contribution in [0.25, 0.3) is 0 Å². The number of hydrogen-bond acceptors (Lipinski definition) is 5.